The van der Waals surface area contributed by atoms with Gasteiger partial charge in [-0.25, -0.2) is 0 Å². The Bertz CT molecular complexity index is 1630. The second-order valence-corrected chi connectivity index (χ2v) is 10.8. The van der Waals surface area contributed by atoms with Crippen molar-refractivity contribution < 1.29 is 24.2 Å². The average Bonchev–Trinajstić information content (AvgIpc) is 3.30. The number of hydrogen-bond donors (Lipinski definition) is 1. The van der Waals surface area contributed by atoms with E-state index in [1.54, 1.807) is 17.0 Å². The third-order valence-electron chi connectivity index (χ3n) is 7.95. The number of benzene rings is 4. The van der Waals surface area contributed by atoms with E-state index in [-0.39, 0.29) is 11.3 Å². The molecule has 1 fully saturated rings. The highest BCUT2D eigenvalue weighted by Crippen LogP contribution is 2.41. The normalized spacial score (nSPS) is 16.0. The number of aryl methyl sites for hydroxylation is 1. The van der Waals surface area contributed by atoms with Gasteiger partial charge in [-0.1, -0.05) is 74.5 Å². The van der Waals surface area contributed by atoms with Crippen LogP contribution in [0.15, 0.2) is 109 Å². The Morgan fingerprint density at radius 1 is 0.818 bits per heavy atom. The van der Waals surface area contributed by atoms with Crippen LogP contribution in [-0.2, 0) is 16.2 Å². The SMILES string of the molecule is CCN(CC)CCN1C(=O)C(=O)C(=C(O)c2ccc(OCc3ccccc3)cc2C)[C@@H]1c1cccc(Oc2ccccc2)c1. The van der Waals surface area contributed by atoms with Crippen LogP contribution in [0.3, 0.4) is 0 Å². The van der Waals surface area contributed by atoms with Gasteiger partial charge in [0.1, 0.15) is 29.6 Å². The van der Waals surface area contributed by atoms with Gasteiger partial charge in [-0.15, -0.1) is 0 Å². The Labute approximate surface area is 259 Å². The van der Waals surface area contributed by atoms with Crippen molar-refractivity contribution in [3.63, 3.8) is 0 Å². The van der Waals surface area contributed by atoms with Crippen LogP contribution in [0.4, 0.5) is 0 Å². The summed E-state index contributed by atoms with van der Waals surface area (Å²) in [5.41, 5.74) is 2.98. The summed E-state index contributed by atoms with van der Waals surface area (Å²) >= 11 is 0. The fraction of sp³-hybridized carbons (Fsp3) is 0.243. The number of aliphatic hydroxyl groups excluding tert-OH is 1. The highest BCUT2D eigenvalue weighted by molar-refractivity contribution is 6.46. The molecule has 1 aliphatic rings. The number of nitrogens with zero attached hydrogens (tertiary/aromatic N) is 2. The second-order valence-electron chi connectivity index (χ2n) is 10.8. The highest BCUT2D eigenvalue weighted by Gasteiger charge is 2.46. The summed E-state index contributed by atoms with van der Waals surface area (Å²) in [4.78, 5) is 30.9. The molecular weight excluding hydrogens is 552 g/mol. The first-order valence-corrected chi connectivity index (χ1v) is 15.0. The van der Waals surface area contributed by atoms with Gasteiger partial charge >= 0.3 is 0 Å². The molecule has 1 saturated heterocycles. The standard InChI is InChI=1S/C37H38N2O5/c1-4-38(5-2)21-22-39-34(28-15-12-18-31(24-28)44-29-16-10-7-11-17-29)33(36(41)37(39)42)35(40)32-20-19-30(23-26(32)3)43-25-27-13-8-6-9-14-27/h6-20,23-24,34,40H,4-5,21-22,25H2,1-3H3/t34-/m0/s1. The second kappa shape index (κ2) is 14.1. The predicted octanol–water partition coefficient (Wildman–Crippen LogP) is 7.13. The molecule has 0 spiro atoms. The first kappa shape index (κ1) is 30.6. The summed E-state index contributed by atoms with van der Waals surface area (Å²) in [6.07, 6.45) is 0. The third kappa shape index (κ3) is 6.84. The summed E-state index contributed by atoms with van der Waals surface area (Å²) in [5, 5.41) is 11.7. The van der Waals surface area contributed by atoms with Crippen molar-refractivity contribution in [1.82, 2.24) is 9.80 Å². The molecule has 0 saturated carbocycles. The smallest absolute Gasteiger partial charge is 0.295 e. The molecule has 226 valence electrons. The number of hydrogen-bond acceptors (Lipinski definition) is 6. The summed E-state index contributed by atoms with van der Waals surface area (Å²) in [7, 11) is 0. The Hall–Kier alpha value is -4.88. The number of Topliss-reactive ketones (excluding diaryl/α,β-unsaturated/α-hetero) is 1. The third-order valence-corrected chi connectivity index (χ3v) is 7.95. The van der Waals surface area contributed by atoms with Gasteiger partial charge in [0, 0.05) is 18.7 Å². The molecule has 7 heteroatoms. The monoisotopic (exact) mass is 590 g/mol. The predicted molar refractivity (Wildman–Crippen MR) is 172 cm³/mol. The van der Waals surface area contributed by atoms with Crippen LogP contribution in [0, 0.1) is 6.92 Å². The molecule has 0 aromatic heterocycles. The molecule has 4 aromatic carbocycles. The molecule has 0 radical (unpaired) electrons. The molecule has 0 bridgehead atoms. The van der Waals surface area contributed by atoms with Gasteiger partial charge in [-0.3, -0.25) is 9.59 Å². The van der Waals surface area contributed by atoms with Crippen molar-refractivity contribution in [1.29, 1.82) is 0 Å². The number of ether oxygens (including phenoxy) is 2. The Morgan fingerprint density at radius 2 is 1.50 bits per heavy atom. The van der Waals surface area contributed by atoms with Crippen LogP contribution in [0.5, 0.6) is 17.2 Å². The topological polar surface area (TPSA) is 79.3 Å². The first-order chi connectivity index (χ1) is 21.4. The first-order valence-electron chi connectivity index (χ1n) is 15.0. The Balaban J connectivity index is 1.51. The van der Waals surface area contributed by atoms with E-state index >= 15 is 0 Å². The molecule has 1 aliphatic heterocycles. The number of likely N-dealkylation sites (N-methyl/N-ethyl adjacent to an activating group) is 1. The molecule has 1 heterocycles. The van der Waals surface area contributed by atoms with Crippen molar-refractivity contribution in [3.05, 3.63) is 131 Å². The summed E-state index contributed by atoms with van der Waals surface area (Å²) in [6, 6.07) is 31.2. The zero-order chi connectivity index (χ0) is 31.1. The molecule has 0 unspecified atom stereocenters. The molecule has 7 nitrogen and oxygen atoms in total. The molecule has 44 heavy (non-hydrogen) atoms. The van der Waals surface area contributed by atoms with Crippen molar-refractivity contribution in [3.8, 4) is 17.2 Å². The number of amides is 1. The minimum atomic E-state index is -0.779. The van der Waals surface area contributed by atoms with Gasteiger partial charge in [0.15, 0.2) is 0 Å². The Kier molecular flexibility index (Phi) is 9.77. The summed E-state index contributed by atoms with van der Waals surface area (Å²) in [5.74, 6) is 0.346. The van der Waals surface area contributed by atoms with Crippen molar-refractivity contribution in [2.75, 3.05) is 26.2 Å². The number of carbonyl (C=O) groups excluding carboxylic acids is 2. The maximum Gasteiger partial charge on any atom is 0.295 e. The molecule has 5 rings (SSSR count). The quantitative estimate of drug-likeness (QED) is 0.107. The average molecular weight is 591 g/mol. The Morgan fingerprint density at radius 3 is 2.18 bits per heavy atom. The van der Waals surface area contributed by atoms with E-state index in [4.69, 9.17) is 9.47 Å². The number of ketones is 1. The van der Waals surface area contributed by atoms with Gasteiger partial charge < -0.3 is 24.4 Å². The zero-order valence-electron chi connectivity index (χ0n) is 25.4. The maximum absolute atomic E-state index is 13.6. The van der Waals surface area contributed by atoms with Crippen molar-refractivity contribution in [2.24, 2.45) is 0 Å². The molecule has 4 aromatic rings. The fourth-order valence-electron chi connectivity index (χ4n) is 5.50. The maximum atomic E-state index is 13.6. The van der Waals surface area contributed by atoms with Crippen molar-refractivity contribution >= 4 is 17.4 Å². The van der Waals surface area contributed by atoms with Crippen LogP contribution < -0.4 is 9.47 Å². The zero-order valence-corrected chi connectivity index (χ0v) is 25.4. The summed E-state index contributed by atoms with van der Waals surface area (Å²) in [6.45, 7) is 8.97. The van der Waals surface area contributed by atoms with E-state index in [1.165, 1.54) is 0 Å². The lowest BCUT2D eigenvalue weighted by molar-refractivity contribution is -0.140. The van der Waals surface area contributed by atoms with Crippen LogP contribution in [0.2, 0.25) is 0 Å². The molecular formula is C37H38N2O5. The lowest BCUT2D eigenvalue weighted by atomic mass is 9.93. The van der Waals surface area contributed by atoms with Crippen molar-refractivity contribution in [2.45, 2.75) is 33.4 Å². The lowest BCUT2D eigenvalue weighted by Crippen LogP contribution is -2.38. The van der Waals surface area contributed by atoms with Crippen LogP contribution in [0.1, 0.15) is 42.1 Å². The number of rotatable bonds is 12. The lowest BCUT2D eigenvalue weighted by Gasteiger charge is -2.28. The van der Waals surface area contributed by atoms with Gasteiger partial charge in [-0.05, 0) is 79.2 Å². The minimum absolute atomic E-state index is 0.0625. The number of carbonyl (C=O) groups is 2. The van der Waals surface area contributed by atoms with E-state index in [1.807, 2.05) is 97.9 Å². The summed E-state index contributed by atoms with van der Waals surface area (Å²) < 4.78 is 12.0. The van der Waals surface area contributed by atoms with E-state index in [0.29, 0.717) is 48.1 Å². The number of likely N-dealkylation sites (tertiary alicyclic amines) is 1. The highest BCUT2D eigenvalue weighted by atomic mass is 16.5. The molecule has 1 amide bonds. The van der Waals surface area contributed by atoms with E-state index in [9.17, 15) is 14.7 Å². The van der Waals surface area contributed by atoms with Crippen LogP contribution in [0.25, 0.3) is 5.76 Å². The van der Waals surface area contributed by atoms with Gasteiger partial charge in [-0.2, -0.15) is 0 Å². The molecule has 1 atom stereocenters. The molecule has 0 aliphatic carbocycles. The number of aliphatic hydroxyl groups is 1. The molecule has 1 N–H and O–H groups in total. The van der Waals surface area contributed by atoms with Crippen LogP contribution in [-0.4, -0.2) is 52.8 Å². The van der Waals surface area contributed by atoms with E-state index in [2.05, 4.69) is 18.7 Å². The van der Waals surface area contributed by atoms with E-state index in [0.717, 1.165) is 24.2 Å². The van der Waals surface area contributed by atoms with Gasteiger partial charge in [0.2, 0.25) is 0 Å². The largest absolute Gasteiger partial charge is 0.507 e. The van der Waals surface area contributed by atoms with Gasteiger partial charge in [0.25, 0.3) is 11.7 Å². The van der Waals surface area contributed by atoms with Crippen LogP contribution >= 0.6 is 0 Å². The fourth-order valence-corrected chi connectivity index (χ4v) is 5.50. The number of para-hydroxylation sites is 1. The minimum Gasteiger partial charge on any atom is -0.507 e. The van der Waals surface area contributed by atoms with E-state index < -0.39 is 17.7 Å². The van der Waals surface area contributed by atoms with Gasteiger partial charge in [0.05, 0.1) is 11.6 Å².